The molecule has 2 N–H and O–H groups in total. The molecule has 1 saturated heterocycles. The Balaban J connectivity index is 2.21. The van der Waals surface area contributed by atoms with Crippen LogP contribution in [0.1, 0.15) is 32.6 Å². The van der Waals surface area contributed by atoms with Gasteiger partial charge in [0.15, 0.2) is 0 Å². The van der Waals surface area contributed by atoms with Crippen LogP contribution >= 0.6 is 0 Å². The van der Waals surface area contributed by atoms with E-state index in [1.54, 1.807) is 0 Å². The zero-order valence-electron chi connectivity index (χ0n) is 9.80. The molecule has 0 saturated carbocycles. The molecule has 94 valence electrons. The maximum Gasteiger partial charge on any atom is 0.407 e. The molecule has 0 bridgehead atoms. The number of hydrogen-bond acceptors (Lipinski definition) is 3. The van der Waals surface area contributed by atoms with Crippen molar-refractivity contribution in [1.29, 1.82) is 0 Å². The Kier molecular flexibility index (Phi) is 6.15. The van der Waals surface area contributed by atoms with Crippen LogP contribution < -0.4 is 10.6 Å². The fourth-order valence-electron chi connectivity index (χ4n) is 1.86. The first-order chi connectivity index (χ1) is 7.77. The number of alkyl carbamates (subject to hydrolysis) is 1. The summed E-state index contributed by atoms with van der Waals surface area (Å²) in [5, 5.41) is 5.95. The molecular weight excluding hydrogens is 211 g/mol. The Morgan fingerprint density at radius 3 is 3.12 bits per heavy atom. The largest absolute Gasteiger partial charge is 0.450 e. The summed E-state index contributed by atoms with van der Waals surface area (Å²) in [5.74, 6) is 0. The number of halogens is 1. The van der Waals surface area contributed by atoms with E-state index in [1.807, 2.05) is 6.92 Å². The number of carbonyl (C=O) groups is 1. The summed E-state index contributed by atoms with van der Waals surface area (Å²) in [6, 6.07) is 0.0496. The molecule has 1 aliphatic rings. The lowest BCUT2D eigenvalue weighted by Crippen LogP contribution is -2.44. The van der Waals surface area contributed by atoms with Crippen molar-refractivity contribution in [2.45, 2.75) is 44.7 Å². The zero-order chi connectivity index (χ0) is 11.8. The van der Waals surface area contributed by atoms with Crippen molar-refractivity contribution in [1.82, 2.24) is 10.6 Å². The van der Waals surface area contributed by atoms with Gasteiger partial charge in [0.25, 0.3) is 0 Å². The molecule has 0 aromatic heterocycles. The van der Waals surface area contributed by atoms with Gasteiger partial charge in [-0.25, -0.2) is 4.79 Å². The van der Waals surface area contributed by atoms with Gasteiger partial charge in [-0.15, -0.1) is 0 Å². The van der Waals surface area contributed by atoms with Crippen LogP contribution in [-0.4, -0.2) is 38.0 Å². The number of amides is 1. The second-order valence-corrected chi connectivity index (χ2v) is 4.07. The third-order valence-corrected chi connectivity index (χ3v) is 2.80. The smallest absolute Gasteiger partial charge is 0.407 e. The number of alkyl halides is 1. The lowest BCUT2D eigenvalue weighted by molar-refractivity contribution is 0.139. The fourth-order valence-corrected chi connectivity index (χ4v) is 1.86. The van der Waals surface area contributed by atoms with Crippen molar-refractivity contribution in [3.8, 4) is 0 Å². The van der Waals surface area contributed by atoms with Crippen LogP contribution in [0.3, 0.4) is 0 Å². The molecule has 0 radical (unpaired) electrons. The SMILES string of the molecule is CCCCOC(=O)NC1CCN[C@H]1CCF. The lowest BCUT2D eigenvalue weighted by atomic mass is 10.1. The Bertz CT molecular complexity index is 214. The average Bonchev–Trinajstić information content (AvgIpc) is 2.67. The quantitative estimate of drug-likeness (QED) is 0.684. The molecule has 1 amide bonds. The third kappa shape index (κ3) is 4.35. The predicted molar refractivity (Wildman–Crippen MR) is 60.2 cm³/mol. The van der Waals surface area contributed by atoms with Crippen molar-refractivity contribution in [3.05, 3.63) is 0 Å². The Morgan fingerprint density at radius 2 is 2.44 bits per heavy atom. The van der Waals surface area contributed by atoms with Crippen LogP contribution in [0.4, 0.5) is 9.18 Å². The highest BCUT2D eigenvalue weighted by Crippen LogP contribution is 2.10. The first kappa shape index (κ1) is 13.2. The number of ether oxygens (including phenoxy) is 1. The first-order valence-corrected chi connectivity index (χ1v) is 6.00. The normalized spacial score (nSPS) is 24.4. The molecule has 16 heavy (non-hydrogen) atoms. The van der Waals surface area contributed by atoms with E-state index in [0.29, 0.717) is 13.0 Å². The van der Waals surface area contributed by atoms with Gasteiger partial charge in [-0.2, -0.15) is 0 Å². The van der Waals surface area contributed by atoms with Crippen molar-refractivity contribution >= 4 is 6.09 Å². The minimum atomic E-state index is -0.383. The summed E-state index contributed by atoms with van der Waals surface area (Å²) >= 11 is 0. The highest BCUT2D eigenvalue weighted by Gasteiger charge is 2.27. The van der Waals surface area contributed by atoms with E-state index in [9.17, 15) is 9.18 Å². The van der Waals surface area contributed by atoms with Gasteiger partial charge in [0.1, 0.15) is 0 Å². The summed E-state index contributed by atoms with van der Waals surface area (Å²) in [4.78, 5) is 11.4. The van der Waals surface area contributed by atoms with Crippen molar-refractivity contribution in [2.24, 2.45) is 0 Å². The molecular formula is C11H21FN2O2. The molecule has 0 aliphatic carbocycles. The highest BCUT2D eigenvalue weighted by molar-refractivity contribution is 5.67. The molecule has 1 unspecified atom stereocenters. The second kappa shape index (κ2) is 7.44. The summed E-state index contributed by atoms with van der Waals surface area (Å²) < 4.78 is 17.2. The van der Waals surface area contributed by atoms with Crippen LogP contribution in [0.2, 0.25) is 0 Å². The minimum Gasteiger partial charge on any atom is -0.450 e. The molecule has 0 spiro atoms. The maximum absolute atomic E-state index is 12.2. The fraction of sp³-hybridized carbons (Fsp3) is 0.909. The monoisotopic (exact) mass is 232 g/mol. The highest BCUT2D eigenvalue weighted by atomic mass is 19.1. The van der Waals surface area contributed by atoms with Crippen LogP contribution in [-0.2, 0) is 4.74 Å². The van der Waals surface area contributed by atoms with E-state index < -0.39 is 0 Å². The van der Waals surface area contributed by atoms with Crippen LogP contribution in [0.5, 0.6) is 0 Å². The zero-order valence-corrected chi connectivity index (χ0v) is 9.80. The number of hydrogen-bond donors (Lipinski definition) is 2. The predicted octanol–water partition coefficient (Wildman–Crippen LogP) is 1.60. The Hall–Kier alpha value is -0.840. The van der Waals surface area contributed by atoms with Crippen molar-refractivity contribution < 1.29 is 13.9 Å². The van der Waals surface area contributed by atoms with Crippen LogP contribution in [0.25, 0.3) is 0 Å². The van der Waals surface area contributed by atoms with Gasteiger partial charge in [0.05, 0.1) is 13.3 Å². The molecule has 0 aromatic carbocycles. The van der Waals surface area contributed by atoms with Crippen molar-refractivity contribution in [2.75, 3.05) is 19.8 Å². The van der Waals surface area contributed by atoms with E-state index in [-0.39, 0.29) is 24.9 Å². The number of carbonyl (C=O) groups excluding carboxylic acids is 1. The van der Waals surface area contributed by atoms with Gasteiger partial charge in [-0.05, 0) is 25.8 Å². The van der Waals surface area contributed by atoms with Crippen molar-refractivity contribution in [3.63, 3.8) is 0 Å². The number of nitrogens with one attached hydrogen (secondary N) is 2. The molecule has 5 heteroatoms. The van der Waals surface area contributed by atoms with Crippen LogP contribution in [0.15, 0.2) is 0 Å². The summed E-state index contributed by atoms with van der Waals surface area (Å²) in [5.41, 5.74) is 0. The van der Waals surface area contributed by atoms with Gasteiger partial charge in [-0.3, -0.25) is 4.39 Å². The maximum atomic E-state index is 12.2. The van der Waals surface area contributed by atoms with Gasteiger partial charge in [0, 0.05) is 12.1 Å². The first-order valence-electron chi connectivity index (χ1n) is 6.00. The molecule has 1 fully saturated rings. The van der Waals surface area contributed by atoms with Crippen LogP contribution in [0, 0.1) is 0 Å². The second-order valence-electron chi connectivity index (χ2n) is 4.07. The summed E-state index contributed by atoms with van der Waals surface area (Å²) in [7, 11) is 0. The number of unbranched alkanes of at least 4 members (excludes halogenated alkanes) is 1. The standard InChI is InChI=1S/C11H21FN2O2/c1-2-3-8-16-11(15)14-10-5-7-13-9(10)4-6-12/h9-10,13H,2-8H2,1H3,(H,14,15)/t9-,10?/m0/s1. The third-order valence-electron chi connectivity index (χ3n) is 2.80. The van der Waals surface area contributed by atoms with Gasteiger partial charge < -0.3 is 15.4 Å². The molecule has 2 atom stereocenters. The minimum absolute atomic E-state index is 0.00452. The molecule has 1 aliphatic heterocycles. The molecule has 4 nitrogen and oxygen atoms in total. The lowest BCUT2D eigenvalue weighted by Gasteiger charge is -2.19. The Labute approximate surface area is 95.9 Å². The molecule has 0 aromatic rings. The molecule has 1 heterocycles. The van der Waals surface area contributed by atoms with E-state index in [2.05, 4.69) is 10.6 Å². The van der Waals surface area contributed by atoms with E-state index in [1.165, 1.54) is 0 Å². The summed E-state index contributed by atoms with van der Waals surface area (Å²) in [6.45, 7) is 2.96. The number of rotatable bonds is 6. The molecule has 1 rings (SSSR count). The summed E-state index contributed by atoms with van der Waals surface area (Å²) in [6.07, 6.45) is 2.78. The topological polar surface area (TPSA) is 50.4 Å². The average molecular weight is 232 g/mol. The van der Waals surface area contributed by atoms with E-state index in [0.717, 1.165) is 25.8 Å². The van der Waals surface area contributed by atoms with Gasteiger partial charge >= 0.3 is 6.09 Å². The van der Waals surface area contributed by atoms with E-state index in [4.69, 9.17) is 4.74 Å². The van der Waals surface area contributed by atoms with Gasteiger partial charge in [-0.1, -0.05) is 13.3 Å². The Morgan fingerprint density at radius 1 is 1.62 bits per heavy atom. The van der Waals surface area contributed by atoms with Gasteiger partial charge in [0.2, 0.25) is 0 Å². The van der Waals surface area contributed by atoms with E-state index >= 15 is 0 Å².